The van der Waals surface area contributed by atoms with Gasteiger partial charge in [-0.2, -0.15) is 4.98 Å². The van der Waals surface area contributed by atoms with Gasteiger partial charge in [-0.25, -0.2) is 4.98 Å². The molecule has 1 aliphatic carbocycles. The first-order valence-corrected chi connectivity index (χ1v) is 8.62. The fourth-order valence-electron chi connectivity index (χ4n) is 3.53. The minimum atomic E-state index is 0.236. The SMILES string of the molecule is Nc1nc(N2CCC[C@H](N)C2)c2sc3c(c2n1)CCCC3. The lowest BCUT2D eigenvalue weighted by molar-refractivity contribution is 0.504. The summed E-state index contributed by atoms with van der Waals surface area (Å²) in [5.41, 5.74) is 14.6. The van der Waals surface area contributed by atoms with Crippen molar-refractivity contribution < 1.29 is 0 Å². The van der Waals surface area contributed by atoms with Crippen LogP contribution in [0.4, 0.5) is 11.8 Å². The molecule has 0 unspecified atom stereocenters. The van der Waals surface area contributed by atoms with Crippen molar-refractivity contribution in [1.29, 1.82) is 0 Å². The number of hydrogen-bond acceptors (Lipinski definition) is 6. The molecule has 21 heavy (non-hydrogen) atoms. The number of anilines is 2. The number of nitrogens with zero attached hydrogens (tertiary/aromatic N) is 3. The van der Waals surface area contributed by atoms with E-state index in [0.29, 0.717) is 5.95 Å². The Hall–Kier alpha value is -1.40. The molecule has 0 bridgehead atoms. The van der Waals surface area contributed by atoms with E-state index in [0.717, 1.165) is 43.7 Å². The standard InChI is InChI=1S/C15H21N5S/c16-9-4-3-7-20(8-9)14-13-12(18-15(17)19-14)10-5-1-2-6-11(10)21-13/h9H,1-8,16H2,(H2,17,18,19)/t9-/m0/s1. The fraction of sp³-hybridized carbons (Fsp3) is 0.600. The summed E-state index contributed by atoms with van der Waals surface area (Å²) in [7, 11) is 0. The van der Waals surface area contributed by atoms with E-state index in [2.05, 4.69) is 14.9 Å². The highest BCUT2D eigenvalue weighted by molar-refractivity contribution is 7.19. The molecule has 0 aromatic carbocycles. The zero-order valence-electron chi connectivity index (χ0n) is 12.1. The Labute approximate surface area is 128 Å². The maximum atomic E-state index is 6.13. The second-order valence-corrected chi connectivity index (χ2v) is 7.25. The van der Waals surface area contributed by atoms with Gasteiger partial charge in [-0.05, 0) is 44.1 Å². The van der Waals surface area contributed by atoms with Crippen molar-refractivity contribution in [1.82, 2.24) is 9.97 Å². The molecule has 0 spiro atoms. The van der Waals surface area contributed by atoms with E-state index >= 15 is 0 Å². The highest BCUT2D eigenvalue weighted by Crippen LogP contribution is 2.40. The molecule has 0 amide bonds. The van der Waals surface area contributed by atoms with Gasteiger partial charge in [0.2, 0.25) is 5.95 Å². The lowest BCUT2D eigenvalue weighted by atomic mass is 9.98. The molecule has 1 atom stereocenters. The Bertz CT molecular complexity index is 680. The Kier molecular flexibility index (Phi) is 3.23. The number of fused-ring (bicyclic) bond motifs is 3. The van der Waals surface area contributed by atoms with E-state index in [9.17, 15) is 0 Å². The van der Waals surface area contributed by atoms with Crippen LogP contribution in [-0.4, -0.2) is 29.1 Å². The second kappa shape index (κ2) is 5.10. The predicted octanol–water partition coefficient (Wildman–Crippen LogP) is 2.08. The summed E-state index contributed by atoms with van der Waals surface area (Å²) in [4.78, 5) is 12.9. The number of aryl methyl sites for hydroxylation is 2. The Morgan fingerprint density at radius 1 is 1.14 bits per heavy atom. The third-order valence-electron chi connectivity index (χ3n) is 4.55. The summed E-state index contributed by atoms with van der Waals surface area (Å²) < 4.78 is 1.21. The molecular formula is C15H21N5S. The molecule has 1 aliphatic heterocycles. The lowest BCUT2D eigenvalue weighted by Crippen LogP contribution is -2.43. The van der Waals surface area contributed by atoms with Crippen LogP contribution < -0.4 is 16.4 Å². The number of hydrogen-bond donors (Lipinski definition) is 2. The summed E-state index contributed by atoms with van der Waals surface area (Å²) in [6.45, 7) is 1.88. The molecule has 0 radical (unpaired) electrons. The molecular weight excluding hydrogens is 282 g/mol. The van der Waals surface area contributed by atoms with E-state index in [1.54, 1.807) is 0 Å². The summed E-state index contributed by atoms with van der Waals surface area (Å²) >= 11 is 1.87. The summed E-state index contributed by atoms with van der Waals surface area (Å²) in [6, 6.07) is 0.236. The van der Waals surface area contributed by atoms with Gasteiger partial charge in [-0.1, -0.05) is 0 Å². The molecule has 4 N–H and O–H groups in total. The van der Waals surface area contributed by atoms with Crippen molar-refractivity contribution in [3.05, 3.63) is 10.4 Å². The first-order valence-electron chi connectivity index (χ1n) is 7.80. The monoisotopic (exact) mass is 303 g/mol. The van der Waals surface area contributed by atoms with Gasteiger partial charge in [-0.15, -0.1) is 11.3 Å². The van der Waals surface area contributed by atoms with Crippen LogP contribution in [0.1, 0.15) is 36.1 Å². The van der Waals surface area contributed by atoms with Crippen LogP contribution in [0, 0.1) is 0 Å². The van der Waals surface area contributed by atoms with Crippen LogP contribution in [0.25, 0.3) is 10.2 Å². The van der Waals surface area contributed by atoms with Crippen molar-refractivity contribution >= 4 is 33.3 Å². The van der Waals surface area contributed by atoms with Gasteiger partial charge < -0.3 is 16.4 Å². The number of nitrogen functional groups attached to an aromatic ring is 1. The summed E-state index contributed by atoms with van der Waals surface area (Å²) in [5.74, 6) is 1.40. The molecule has 1 saturated heterocycles. The molecule has 2 aliphatic rings. The van der Waals surface area contributed by atoms with Crippen molar-refractivity contribution in [2.24, 2.45) is 5.73 Å². The zero-order chi connectivity index (χ0) is 14.4. The lowest BCUT2D eigenvalue weighted by Gasteiger charge is -2.31. The number of rotatable bonds is 1. The molecule has 1 fully saturated rings. The average Bonchev–Trinajstić information content (AvgIpc) is 2.85. The van der Waals surface area contributed by atoms with Crippen molar-refractivity contribution in [2.75, 3.05) is 23.7 Å². The van der Waals surface area contributed by atoms with Gasteiger partial charge in [0.1, 0.15) is 0 Å². The Balaban J connectivity index is 1.86. The minimum absolute atomic E-state index is 0.236. The van der Waals surface area contributed by atoms with Gasteiger partial charge in [0.05, 0.1) is 10.2 Å². The largest absolute Gasteiger partial charge is 0.368 e. The second-order valence-electron chi connectivity index (χ2n) is 6.14. The maximum Gasteiger partial charge on any atom is 0.222 e. The van der Waals surface area contributed by atoms with Gasteiger partial charge in [0.25, 0.3) is 0 Å². The first kappa shape index (κ1) is 13.3. The number of piperidine rings is 1. The molecule has 5 nitrogen and oxygen atoms in total. The normalized spacial score (nSPS) is 22.5. The summed E-state index contributed by atoms with van der Waals surface area (Å²) in [6.07, 6.45) is 7.07. The van der Waals surface area contributed by atoms with Gasteiger partial charge in [0.15, 0.2) is 5.82 Å². The minimum Gasteiger partial charge on any atom is -0.368 e. The molecule has 3 heterocycles. The Morgan fingerprint density at radius 2 is 2.00 bits per heavy atom. The number of aromatic nitrogens is 2. The topological polar surface area (TPSA) is 81.1 Å². The molecule has 4 rings (SSSR count). The van der Waals surface area contributed by atoms with E-state index in [1.165, 1.54) is 34.4 Å². The van der Waals surface area contributed by atoms with Crippen LogP contribution in [-0.2, 0) is 12.8 Å². The van der Waals surface area contributed by atoms with E-state index in [1.807, 2.05) is 11.3 Å². The van der Waals surface area contributed by atoms with Gasteiger partial charge in [0, 0.05) is 24.0 Å². The molecule has 2 aromatic rings. The molecule has 112 valence electrons. The zero-order valence-corrected chi connectivity index (χ0v) is 13.0. The quantitative estimate of drug-likeness (QED) is 0.843. The van der Waals surface area contributed by atoms with E-state index in [4.69, 9.17) is 11.5 Å². The van der Waals surface area contributed by atoms with Crippen molar-refractivity contribution in [3.63, 3.8) is 0 Å². The van der Waals surface area contributed by atoms with Crippen LogP contribution in [0.5, 0.6) is 0 Å². The summed E-state index contributed by atoms with van der Waals surface area (Å²) in [5, 5.41) is 0. The van der Waals surface area contributed by atoms with Crippen molar-refractivity contribution in [2.45, 2.75) is 44.6 Å². The number of nitrogens with two attached hydrogens (primary N) is 2. The third kappa shape index (κ3) is 2.26. The van der Waals surface area contributed by atoms with Crippen molar-refractivity contribution in [3.8, 4) is 0 Å². The molecule has 6 heteroatoms. The van der Waals surface area contributed by atoms with Crippen LogP contribution in [0.3, 0.4) is 0 Å². The van der Waals surface area contributed by atoms with E-state index in [-0.39, 0.29) is 6.04 Å². The molecule has 2 aromatic heterocycles. The van der Waals surface area contributed by atoms with Crippen LogP contribution in [0.2, 0.25) is 0 Å². The predicted molar refractivity (Wildman–Crippen MR) is 87.9 cm³/mol. The fourth-order valence-corrected chi connectivity index (χ4v) is 4.88. The first-order chi connectivity index (χ1) is 10.2. The van der Waals surface area contributed by atoms with Crippen LogP contribution >= 0.6 is 11.3 Å². The third-order valence-corrected chi connectivity index (χ3v) is 5.83. The van der Waals surface area contributed by atoms with Crippen LogP contribution in [0.15, 0.2) is 0 Å². The number of thiophene rings is 1. The highest BCUT2D eigenvalue weighted by atomic mass is 32.1. The van der Waals surface area contributed by atoms with Gasteiger partial charge in [-0.3, -0.25) is 0 Å². The van der Waals surface area contributed by atoms with Gasteiger partial charge >= 0.3 is 0 Å². The smallest absolute Gasteiger partial charge is 0.222 e. The average molecular weight is 303 g/mol. The highest BCUT2D eigenvalue weighted by Gasteiger charge is 2.25. The van der Waals surface area contributed by atoms with E-state index < -0.39 is 0 Å². The Morgan fingerprint density at radius 3 is 2.86 bits per heavy atom. The molecule has 0 saturated carbocycles. The maximum absolute atomic E-state index is 6.13.